The fourth-order valence-electron chi connectivity index (χ4n) is 1.76. The summed E-state index contributed by atoms with van der Waals surface area (Å²) in [5, 5.41) is 5.33. The molecular weight excluding hydrogens is 216 g/mol. The average molecular weight is 230 g/mol. The monoisotopic (exact) mass is 230 g/mol. The van der Waals surface area contributed by atoms with Crippen LogP contribution in [0.4, 0.5) is 0 Å². The normalized spacial score (nSPS) is 22.2. The van der Waals surface area contributed by atoms with Crippen LogP contribution in [0.3, 0.4) is 0 Å². The van der Waals surface area contributed by atoms with Gasteiger partial charge in [0.2, 0.25) is 11.8 Å². The molecule has 2 unspecified atom stereocenters. The van der Waals surface area contributed by atoms with E-state index in [1.54, 1.807) is 6.08 Å². The van der Waals surface area contributed by atoms with Crippen LogP contribution < -0.4 is 10.6 Å². The Balaban J connectivity index is 1.89. The van der Waals surface area contributed by atoms with Crippen molar-refractivity contribution >= 4 is 11.8 Å². The minimum atomic E-state index is -0.469. The highest BCUT2D eigenvalue weighted by atomic mass is 16.2. The molecule has 2 amide bonds. The summed E-state index contributed by atoms with van der Waals surface area (Å²) in [6, 6.07) is 8.80. The predicted molar refractivity (Wildman–Crippen MR) is 64.2 cm³/mol. The van der Waals surface area contributed by atoms with Crippen LogP contribution in [0, 0.1) is 0 Å². The van der Waals surface area contributed by atoms with E-state index < -0.39 is 6.04 Å². The van der Waals surface area contributed by atoms with Crippen LogP contribution in [0.25, 0.3) is 0 Å². The lowest BCUT2D eigenvalue weighted by molar-refractivity contribution is -0.134. The summed E-state index contributed by atoms with van der Waals surface area (Å²) in [5.74, 6) is -0.306. The lowest BCUT2D eigenvalue weighted by atomic mass is 9.99. The maximum atomic E-state index is 11.7. The molecule has 1 aliphatic rings. The first-order chi connectivity index (χ1) is 8.20. The molecule has 1 fully saturated rings. The third-order valence-electron chi connectivity index (χ3n) is 2.73. The minimum absolute atomic E-state index is 0.150. The number of hydrogen-bond acceptors (Lipinski definition) is 2. The molecule has 0 spiro atoms. The molecule has 0 saturated carbocycles. The van der Waals surface area contributed by atoms with Crippen LogP contribution in [-0.4, -0.2) is 23.9 Å². The molecule has 1 saturated heterocycles. The van der Waals surface area contributed by atoms with Crippen molar-refractivity contribution in [2.75, 3.05) is 0 Å². The van der Waals surface area contributed by atoms with Crippen molar-refractivity contribution in [1.29, 1.82) is 0 Å². The highest BCUT2D eigenvalue weighted by molar-refractivity contribution is 5.94. The van der Waals surface area contributed by atoms with Crippen molar-refractivity contribution in [3.8, 4) is 0 Å². The molecule has 0 aromatic heterocycles. The van der Waals surface area contributed by atoms with E-state index in [2.05, 4.69) is 17.2 Å². The van der Waals surface area contributed by atoms with E-state index in [9.17, 15) is 9.59 Å². The number of β-lactam (4-membered cyclic amide) rings is 1. The van der Waals surface area contributed by atoms with Crippen LogP contribution in [0.5, 0.6) is 0 Å². The number of nitrogens with one attached hydrogen (secondary N) is 2. The Morgan fingerprint density at radius 3 is 2.71 bits per heavy atom. The van der Waals surface area contributed by atoms with Gasteiger partial charge in [-0.2, -0.15) is 0 Å². The SMILES string of the molecule is C=CC1NC(=O)C1NC(=O)Cc1ccccc1. The maximum absolute atomic E-state index is 11.7. The van der Waals surface area contributed by atoms with E-state index in [1.165, 1.54) is 0 Å². The summed E-state index contributed by atoms with van der Waals surface area (Å²) >= 11 is 0. The summed E-state index contributed by atoms with van der Waals surface area (Å²) in [7, 11) is 0. The molecule has 17 heavy (non-hydrogen) atoms. The predicted octanol–water partition coefficient (Wildman–Crippen LogP) is 0.398. The molecule has 2 atom stereocenters. The van der Waals surface area contributed by atoms with E-state index in [0.29, 0.717) is 0 Å². The van der Waals surface area contributed by atoms with Gasteiger partial charge >= 0.3 is 0 Å². The summed E-state index contributed by atoms with van der Waals surface area (Å²) in [6.07, 6.45) is 1.91. The van der Waals surface area contributed by atoms with E-state index in [1.807, 2.05) is 30.3 Å². The third kappa shape index (κ3) is 2.53. The van der Waals surface area contributed by atoms with E-state index in [-0.39, 0.29) is 24.3 Å². The number of amides is 2. The maximum Gasteiger partial charge on any atom is 0.245 e. The summed E-state index contributed by atoms with van der Waals surface area (Å²) in [4.78, 5) is 22.9. The van der Waals surface area contributed by atoms with Gasteiger partial charge < -0.3 is 10.6 Å². The van der Waals surface area contributed by atoms with Crippen molar-refractivity contribution in [1.82, 2.24) is 10.6 Å². The summed E-state index contributed by atoms with van der Waals surface area (Å²) in [6.45, 7) is 3.59. The second-order valence-corrected chi connectivity index (χ2v) is 3.98. The van der Waals surface area contributed by atoms with Gasteiger partial charge in [0.05, 0.1) is 12.5 Å². The zero-order valence-corrected chi connectivity index (χ0v) is 9.35. The molecule has 1 heterocycles. The van der Waals surface area contributed by atoms with E-state index in [0.717, 1.165) is 5.56 Å². The highest BCUT2D eigenvalue weighted by Crippen LogP contribution is 2.07. The Bertz CT molecular complexity index is 442. The Hall–Kier alpha value is -2.10. The van der Waals surface area contributed by atoms with E-state index in [4.69, 9.17) is 0 Å². The molecule has 88 valence electrons. The van der Waals surface area contributed by atoms with E-state index >= 15 is 0 Å². The average Bonchev–Trinajstić information content (AvgIpc) is 2.34. The van der Waals surface area contributed by atoms with Crippen molar-refractivity contribution in [3.05, 3.63) is 48.6 Å². The van der Waals surface area contributed by atoms with Gasteiger partial charge in [0.25, 0.3) is 0 Å². The van der Waals surface area contributed by atoms with Gasteiger partial charge in [-0.05, 0) is 5.56 Å². The summed E-state index contributed by atoms with van der Waals surface area (Å²) in [5.41, 5.74) is 0.930. The molecule has 4 nitrogen and oxygen atoms in total. The van der Waals surface area contributed by atoms with Crippen LogP contribution >= 0.6 is 0 Å². The van der Waals surface area contributed by atoms with Gasteiger partial charge in [-0.1, -0.05) is 36.4 Å². The molecule has 0 radical (unpaired) electrons. The Morgan fingerprint density at radius 1 is 1.41 bits per heavy atom. The zero-order chi connectivity index (χ0) is 12.3. The fraction of sp³-hybridized carbons (Fsp3) is 0.231. The van der Waals surface area contributed by atoms with Gasteiger partial charge in [-0.15, -0.1) is 6.58 Å². The lowest BCUT2D eigenvalue weighted by Gasteiger charge is -2.34. The van der Waals surface area contributed by atoms with Crippen molar-refractivity contribution in [2.45, 2.75) is 18.5 Å². The van der Waals surface area contributed by atoms with Gasteiger partial charge in [-0.25, -0.2) is 0 Å². The number of rotatable bonds is 4. The second kappa shape index (κ2) is 4.82. The Morgan fingerprint density at radius 2 is 2.12 bits per heavy atom. The smallest absolute Gasteiger partial charge is 0.245 e. The standard InChI is InChI=1S/C13H14N2O2/c1-2-10-12(13(17)14-10)15-11(16)8-9-6-4-3-5-7-9/h2-7,10,12H,1,8H2,(H,14,17)(H,15,16). The molecule has 0 bridgehead atoms. The van der Waals surface area contributed by atoms with Crippen LogP contribution in [0.2, 0.25) is 0 Å². The molecule has 1 aliphatic heterocycles. The molecule has 1 aromatic carbocycles. The molecule has 1 aromatic rings. The zero-order valence-electron chi connectivity index (χ0n) is 9.35. The van der Waals surface area contributed by atoms with Crippen LogP contribution in [-0.2, 0) is 16.0 Å². The lowest BCUT2D eigenvalue weighted by Crippen LogP contribution is -2.68. The summed E-state index contributed by atoms with van der Waals surface area (Å²) < 4.78 is 0. The molecule has 4 heteroatoms. The number of carbonyl (C=O) groups is 2. The second-order valence-electron chi connectivity index (χ2n) is 3.98. The van der Waals surface area contributed by atoms with Gasteiger partial charge in [-0.3, -0.25) is 9.59 Å². The highest BCUT2D eigenvalue weighted by Gasteiger charge is 2.37. The fourth-order valence-corrected chi connectivity index (χ4v) is 1.76. The van der Waals surface area contributed by atoms with Crippen molar-refractivity contribution in [3.63, 3.8) is 0 Å². The van der Waals surface area contributed by atoms with Crippen LogP contribution in [0.15, 0.2) is 43.0 Å². The number of carbonyl (C=O) groups excluding carboxylic acids is 2. The largest absolute Gasteiger partial charge is 0.345 e. The minimum Gasteiger partial charge on any atom is -0.345 e. The molecule has 0 aliphatic carbocycles. The van der Waals surface area contributed by atoms with Gasteiger partial charge in [0, 0.05) is 0 Å². The first-order valence-corrected chi connectivity index (χ1v) is 5.47. The van der Waals surface area contributed by atoms with Crippen LogP contribution in [0.1, 0.15) is 5.56 Å². The topological polar surface area (TPSA) is 58.2 Å². The number of hydrogen-bond donors (Lipinski definition) is 2. The number of benzene rings is 1. The van der Waals surface area contributed by atoms with Crippen molar-refractivity contribution < 1.29 is 9.59 Å². The first-order valence-electron chi connectivity index (χ1n) is 5.47. The molecular formula is C13H14N2O2. The quantitative estimate of drug-likeness (QED) is 0.581. The first kappa shape index (κ1) is 11.4. The third-order valence-corrected chi connectivity index (χ3v) is 2.73. The van der Waals surface area contributed by atoms with Crippen molar-refractivity contribution in [2.24, 2.45) is 0 Å². The van der Waals surface area contributed by atoms with Gasteiger partial charge in [0.15, 0.2) is 0 Å². The molecule has 2 N–H and O–H groups in total. The Kier molecular flexibility index (Phi) is 3.23. The Labute approximate surface area is 99.7 Å². The molecule has 2 rings (SSSR count). The van der Waals surface area contributed by atoms with Gasteiger partial charge in [0.1, 0.15) is 6.04 Å².